The Morgan fingerprint density at radius 1 is 1.20 bits per heavy atom. The molecular formula is C19H18N2O4. The van der Waals surface area contributed by atoms with Crippen molar-refractivity contribution in [3.8, 4) is 0 Å². The second-order valence-corrected chi connectivity index (χ2v) is 5.69. The molecule has 25 heavy (non-hydrogen) atoms. The fourth-order valence-corrected chi connectivity index (χ4v) is 2.36. The average Bonchev–Trinajstić information content (AvgIpc) is 3.09. The van der Waals surface area contributed by atoms with E-state index in [-0.39, 0.29) is 5.91 Å². The number of esters is 1. The Morgan fingerprint density at radius 2 is 1.96 bits per heavy atom. The van der Waals surface area contributed by atoms with E-state index in [0.29, 0.717) is 28.8 Å². The number of nitrogens with zero attached hydrogens (tertiary/aromatic N) is 1. The molecule has 3 aromatic rings. The molecule has 0 fully saturated rings. The summed E-state index contributed by atoms with van der Waals surface area (Å²) < 4.78 is 10.5. The van der Waals surface area contributed by atoms with Crippen LogP contribution in [0.4, 0.5) is 5.69 Å². The first kappa shape index (κ1) is 16.7. The maximum absolute atomic E-state index is 12.4. The van der Waals surface area contributed by atoms with Gasteiger partial charge < -0.3 is 14.5 Å². The topological polar surface area (TPSA) is 81.4 Å². The summed E-state index contributed by atoms with van der Waals surface area (Å²) in [6.07, 6.45) is 0.807. The first-order valence-corrected chi connectivity index (χ1v) is 7.98. The lowest BCUT2D eigenvalue weighted by Gasteiger charge is -2.16. The summed E-state index contributed by atoms with van der Waals surface area (Å²) in [5, 5.41) is 2.76. The van der Waals surface area contributed by atoms with Crippen LogP contribution in [0.15, 0.2) is 53.3 Å². The second-order valence-electron chi connectivity index (χ2n) is 5.69. The minimum Gasteiger partial charge on any atom is -0.449 e. The fourth-order valence-electron chi connectivity index (χ4n) is 2.36. The van der Waals surface area contributed by atoms with Gasteiger partial charge in [0.15, 0.2) is 18.1 Å². The van der Waals surface area contributed by atoms with E-state index in [0.717, 1.165) is 5.56 Å². The third-order valence-electron chi connectivity index (χ3n) is 3.80. The summed E-state index contributed by atoms with van der Waals surface area (Å²) in [7, 11) is 0. The van der Waals surface area contributed by atoms with Crippen LogP contribution in [-0.2, 0) is 9.53 Å². The standard InChI is InChI=1S/C19H18N2O4/c1-3-16(18(22)21-14-7-4-12(2)5-8-14)25-19(23)13-6-9-17-15(10-13)20-11-24-17/h4-11,16H,3H2,1-2H3,(H,21,22). The number of ether oxygens (including phenoxy) is 1. The van der Waals surface area contributed by atoms with Gasteiger partial charge in [0.05, 0.1) is 5.56 Å². The van der Waals surface area contributed by atoms with Crippen LogP contribution in [0.5, 0.6) is 0 Å². The van der Waals surface area contributed by atoms with Gasteiger partial charge in [-0.2, -0.15) is 0 Å². The smallest absolute Gasteiger partial charge is 0.338 e. The van der Waals surface area contributed by atoms with Crippen LogP contribution in [0.25, 0.3) is 11.1 Å². The third-order valence-corrected chi connectivity index (χ3v) is 3.80. The molecule has 0 radical (unpaired) electrons. The molecule has 1 aromatic heterocycles. The third kappa shape index (κ3) is 3.85. The fraction of sp³-hybridized carbons (Fsp3) is 0.211. The van der Waals surface area contributed by atoms with Gasteiger partial charge in [0.2, 0.25) is 0 Å². The average molecular weight is 338 g/mol. The molecule has 0 saturated carbocycles. The Hall–Kier alpha value is -3.15. The first-order chi connectivity index (χ1) is 12.1. The Bertz CT molecular complexity index is 899. The van der Waals surface area contributed by atoms with Crippen molar-refractivity contribution in [2.24, 2.45) is 0 Å². The van der Waals surface area contributed by atoms with E-state index in [4.69, 9.17) is 9.15 Å². The molecule has 128 valence electrons. The Morgan fingerprint density at radius 3 is 2.68 bits per heavy atom. The number of oxazole rings is 1. The molecule has 0 spiro atoms. The lowest BCUT2D eigenvalue weighted by atomic mass is 10.2. The van der Waals surface area contributed by atoms with Crippen LogP contribution in [0.2, 0.25) is 0 Å². The minimum atomic E-state index is -0.873. The van der Waals surface area contributed by atoms with E-state index in [2.05, 4.69) is 10.3 Å². The highest BCUT2D eigenvalue weighted by molar-refractivity contribution is 5.98. The molecule has 0 bridgehead atoms. The molecule has 2 aromatic carbocycles. The molecule has 1 unspecified atom stereocenters. The van der Waals surface area contributed by atoms with Crippen molar-refractivity contribution in [2.75, 3.05) is 5.32 Å². The van der Waals surface area contributed by atoms with Gasteiger partial charge >= 0.3 is 5.97 Å². The number of aryl methyl sites for hydroxylation is 1. The summed E-state index contributed by atoms with van der Waals surface area (Å²) in [6, 6.07) is 12.2. The lowest BCUT2D eigenvalue weighted by Crippen LogP contribution is -2.32. The number of carbonyl (C=O) groups excluding carboxylic acids is 2. The Labute approximate surface area is 144 Å². The van der Waals surface area contributed by atoms with E-state index in [1.54, 1.807) is 37.3 Å². The maximum Gasteiger partial charge on any atom is 0.338 e. The Kier molecular flexibility index (Phi) is 4.79. The van der Waals surface area contributed by atoms with Crippen LogP contribution < -0.4 is 5.32 Å². The van der Waals surface area contributed by atoms with E-state index in [9.17, 15) is 9.59 Å². The SMILES string of the molecule is CCC(OC(=O)c1ccc2ocnc2c1)C(=O)Nc1ccc(C)cc1. The molecule has 0 saturated heterocycles. The normalized spacial score (nSPS) is 11.9. The van der Waals surface area contributed by atoms with Gasteiger partial charge in [0.25, 0.3) is 5.91 Å². The Balaban J connectivity index is 1.68. The molecular weight excluding hydrogens is 320 g/mol. The van der Waals surface area contributed by atoms with E-state index in [1.807, 2.05) is 19.1 Å². The summed E-state index contributed by atoms with van der Waals surface area (Å²) in [4.78, 5) is 28.7. The number of hydrogen-bond acceptors (Lipinski definition) is 5. The van der Waals surface area contributed by atoms with Gasteiger partial charge in [-0.05, 0) is 43.7 Å². The quantitative estimate of drug-likeness (QED) is 0.717. The van der Waals surface area contributed by atoms with Gasteiger partial charge in [-0.3, -0.25) is 4.79 Å². The highest BCUT2D eigenvalue weighted by Crippen LogP contribution is 2.16. The van der Waals surface area contributed by atoms with E-state index < -0.39 is 12.1 Å². The lowest BCUT2D eigenvalue weighted by molar-refractivity contribution is -0.124. The van der Waals surface area contributed by atoms with Crippen LogP contribution in [0, 0.1) is 6.92 Å². The van der Waals surface area contributed by atoms with Crippen molar-refractivity contribution >= 4 is 28.7 Å². The van der Waals surface area contributed by atoms with Crippen LogP contribution in [-0.4, -0.2) is 23.0 Å². The zero-order valence-corrected chi connectivity index (χ0v) is 14.0. The number of anilines is 1. The monoisotopic (exact) mass is 338 g/mol. The predicted molar refractivity (Wildman–Crippen MR) is 93.3 cm³/mol. The highest BCUT2D eigenvalue weighted by atomic mass is 16.5. The molecule has 1 amide bonds. The van der Waals surface area contributed by atoms with E-state index >= 15 is 0 Å². The summed E-state index contributed by atoms with van der Waals surface area (Å²) in [5.41, 5.74) is 3.23. The molecule has 1 atom stereocenters. The molecule has 1 heterocycles. The first-order valence-electron chi connectivity index (χ1n) is 7.98. The molecule has 3 rings (SSSR count). The van der Waals surface area contributed by atoms with Crippen molar-refractivity contribution in [2.45, 2.75) is 26.4 Å². The zero-order chi connectivity index (χ0) is 17.8. The van der Waals surface area contributed by atoms with Gasteiger partial charge in [0, 0.05) is 5.69 Å². The molecule has 0 aliphatic rings. The van der Waals surface area contributed by atoms with E-state index in [1.165, 1.54) is 6.39 Å². The number of hydrogen-bond donors (Lipinski definition) is 1. The van der Waals surface area contributed by atoms with Gasteiger partial charge in [-0.15, -0.1) is 0 Å². The van der Waals surface area contributed by atoms with Gasteiger partial charge in [-0.1, -0.05) is 24.6 Å². The largest absolute Gasteiger partial charge is 0.449 e. The molecule has 0 aliphatic heterocycles. The number of fused-ring (bicyclic) bond motifs is 1. The predicted octanol–water partition coefficient (Wildman–Crippen LogP) is 3.71. The zero-order valence-electron chi connectivity index (χ0n) is 14.0. The summed E-state index contributed by atoms with van der Waals surface area (Å²) >= 11 is 0. The minimum absolute atomic E-state index is 0.322. The number of aromatic nitrogens is 1. The van der Waals surface area contributed by atoms with Gasteiger partial charge in [-0.25, -0.2) is 9.78 Å². The van der Waals surface area contributed by atoms with Crippen molar-refractivity contribution < 1.29 is 18.7 Å². The van der Waals surface area contributed by atoms with Crippen molar-refractivity contribution in [1.82, 2.24) is 4.98 Å². The number of nitrogens with one attached hydrogen (secondary N) is 1. The van der Waals surface area contributed by atoms with Crippen LogP contribution in [0.1, 0.15) is 29.3 Å². The molecule has 6 heteroatoms. The van der Waals surface area contributed by atoms with Crippen molar-refractivity contribution in [3.63, 3.8) is 0 Å². The number of benzene rings is 2. The second kappa shape index (κ2) is 7.17. The van der Waals surface area contributed by atoms with Crippen molar-refractivity contribution in [1.29, 1.82) is 0 Å². The number of amides is 1. The summed E-state index contributed by atoms with van der Waals surface area (Å²) in [6.45, 7) is 3.75. The number of rotatable bonds is 5. The van der Waals surface area contributed by atoms with Gasteiger partial charge in [0.1, 0.15) is 5.52 Å². The number of carbonyl (C=O) groups is 2. The molecule has 6 nitrogen and oxygen atoms in total. The van der Waals surface area contributed by atoms with Crippen LogP contribution in [0.3, 0.4) is 0 Å². The maximum atomic E-state index is 12.4. The molecule has 1 N–H and O–H groups in total. The van der Waals surface area contributed by atoms with Crippen LogP contribution >= 0.6 is 0 Å². The highest BCUT2D eigenvalue weighted by Gasteiger charge is 2.22. The van der Waals surface area contributed by atoms with Crippen molar-refractivity contribution in [3.05, 3.63) is 60.0 Å². The molecule has 0 aliphatic carbocycles. The summed E-state index contributed by atoms with van der Waals surface area (Å²) in [5.74, 6) is -0.932.